The predicted molar refractivity (Wildman–Crippen MR) is 161 cm³/mol. The molecule has 1 aliphatic rings. The molecule has 0 radical (unpaired) electrons. The van der Waals surface area contributed by atoms with E-state index in [1.807, 2.05) is 0 Å². The van der Waals surface area contributed by atoms with E-state index in [9.17, 15) is 44.7 Å². The maximum atomic E-state index is 14.0. The van der Waals surface area contributed by atoms with Crippen molar-refractivity contribution in [2.24, 2.45) is 20.0 Å². The number of anilines is 2. The fraction of sp³-hybridized carbons (Fsp3) is 0.419. The van der Waals surface area contributed by atoms with Crippen LogP contribution in [0.1, 0.15) is 57.7 Å². The minimum atomic E-state index is -4.79. The maximum absolute atomic E-state index is 14.0. The summed E-state index contributed by atoms with van der Waals surface area (Å²) in [5.41, 5.74) is -1.18. The monoisotopic (exact) mass is 701 g/mol. The Morgan fingerprint density at radius 3 is 2.31 bits per heavy atom. The average molecular weight is 702 g/mol. The van der Waals surface area contributed by atoms with E-state index in [-0.39, 0.29) is 54.9 Å². The van der Waals surface area contributed by atoms with Crippen LogP contribution in [0.4, 0.5) is 46.8 Å². The number of halogens is 8. The molecule has 2 amide bonds. The van der Waals surface area contributed by atoms with E-state index in [0.717, 1.165) is 12.1 Å². The summed E-state index contributed by atoms with van der Waals surface area (Å²) in [6.45, 7) is -1.25. The van der Waals surface area contributed by atoms with Gasteiger partial charge < -0.3 is 25.3 Å². The summed E-state index contributed by atoms with van der Waals surface area (Å²) in [6, 6.07) is 7.01. The molecule has 49 heavy (non-hydrogen) atoms. The minimum absolute atomic E-state index is 0.0140. The van der Waals surface area contributed by atoms with Gasteiger partial charge >= 0.3 is 12.4 Å². The molecule has 0 spiro atoms. The van der Waals surface area contributed by atoms with Crippen molar-refractivity contribution in [2.45, 2.75) is 57.0 Å². The second kappa shape index (κ2) is 13.9. The van der Waals surface area contributed by atoms with Gasteiger partial charge in [-0.05, 0) is 61.6 Å². The molecule has 3 heterocycles. The van der Waals surface area contributed by atoms with Crippen molar-refractivity contribution >= 4 is 34.6 Å². The SMILES string of the molecule is Cn1cccc1C(=O)NCc1ccc(C(F)(F)F)c(Nc2nc3cc(C(=O)NC4CCC(C(F)(F)F)CC4)c(OCC(F)F)nc3n2C)c1. The number of pyridine rings is 1. The summed E-state index contributed by atoms with van der Waals surface area (Å²) < 4.78 is 115. The molecule has 1 aromatic carbocycles. The number of carbonyl (C=O) groups is 2. The summed E-state index contributed by atoms with van der Waals surface area (Å²) in [5.74, 6) is -3.47. The van der Waals surface area contributed by atoms with Gasteiger partial charge in [-0.15, -0.1) is 0 Å². The molecule has 10 nitrogen and oxygen atoms in total. The Bertz CT molecular complexity index is 1830. The van der Waals surface area contributed by atoms with Crippen LogP contribution in [0.5, 0.6) is 5.88 Å². The Kier molecular flexibility index (Phi) is 10.1. The molecule has 0 atom stereocenters. The van der Waals surface area contributed by atoms with Gasteiger partial charge in [-0.1, -0.05) is 6.07 Å². The Morgan fingerprint density at radius 2 is 1.69 bits per heavy atom. The molecule has 1 fully saturated rings. The molecule has 1 aliphatic carbocycles. The Morgan fingerprint density at radius 1 is 0.980 bits per heavy atom. The third-order valence-electron chi connectivity index (χ3n) is 8.19. The van der Waals surface area contributed by atoms with Crippen molar-refractivity contribution in [2.75, 3.05) is 11.9 Å². The summed E-state index contributed by atoms with van der Waals surface area (Å²) in [5, 5.41) is 7.88. The van der Waals surface area contributed by atoms with E-state index >= 15 is 0 Å². The van der Waals surface area contributed by atoms with Crippen LogP contribution in [0.3, 0.4) is 0 Å². The molecule has 0 unspecified atom stereocenters. The predicted octanol–water partition coefficient (Wildman–Crippen LogP) is 6.49. The number of hydrogen-bond acceptors (Lipinski definition) is 6. The van der Waals surface area contributed by atoms with Crippen molar-refractivity contribution in [3.63, 3.8) is 0 Å². The van der Waals surface area contributed by atoms with Gasteiger partial charge in [0.15, 0.2) is 12.3 Å². The first-order chi connectivity index (χ1) is 23.0. The highest BCUT2D eigenvalue weighted by Gasteiger charge is 2.41. The molecule has 0 saturated heterocycles. The largest absolute Gasteiger partial charge is 0.471 e. The fourth-order valence-corrected chi connectivity index (χ4v) is 5.59. The Labute approximate surface area is 273 Å². The van der Waals surface area contributed by atoms with Gasteiger partial charge in [-0.3, -0.25) is 14.2 Å². The highest BCUT2D eigenvalue weighted by Crippen LogP contribution is 2.39. The Hall–Kier alpha value is -4.90. The van der Waals surface area contributed by atoms with Gasteiger partial charge in [0.2, 0.25) is 11.8 Å². The number of imidazole rings is 1. The molecule has 0 bridgehead atoms. The lowest BCUT2D eigenvalue weighted by molar-refractivity contribution is -0.182. The molecule has 3 N–H and O–H groups in total. The lowest BCUT2D eigenvalue weighted by Crippen LogP contribution is -2.40. The third kappa shape index (κ3) is 8.22. The zero-order valence-corrected chi connectivity index (χ0v) is 26.1. The number of fused-ring (bicyclic) bond motifs is 1. The van der Waals surface area contributed by atoms with Crippen LogP contribution >= 0.6 is 0 Å². The van der Waals surface area contributed by atoms with E-state index in [1.54, 1.807) is 29.9 Å². The molecule has 5 rings (SSSR count). The van der Waals surface area contributed by atoms with Crippen molar-refractivity contribution in [3.05, 3.63) is 65.0 Å². The van der Waals surface area contributed by atoms with Crippen LogP contribution in [0.25, 0.3) is 11.2 Å². The highest BCUT2D eigenvalue weighted by atomic mass is 19.4. The number of benzene rings is 1. The van der Waals surface area contributed by atoms with E-state index in [1.165, 1.54) is 23.7 Å². The topological polar surface area (TPSA) is 115 Å². The molecule has 0 aliphatic heterocycles. The smallest absolute Gasteiger partial charge is 0.418 e. The molecule has 4 aromatic rings. The first kappa shape index (κ1) is 35.4. The van der Waals surface area contributed by atoms with Gasteiger partial charge in [0.25, 0.3) is 18.2 Å². The maximum Gasteiger partial charge on any atom is 0.418 e. The summed E-state index contributed by atoms with van der Waals surface area (Å²) in [4.78, 5) is 34.2. The molecular weight excluding hydrogens is 670 g/mol. The number of hydrogen-bond donors (Lipinski definition) is 3. The zero-order chi connectivity index (χ0) is 35.7. The van der Waals surface area contributed by atoms with Crippen LogP contribution < -0.4 is 20.7 Å². The van der Waals surface area contributed by atoms with Gasteiger partial charge in [-0.25, -0.2) is 13.8 Å². The lowest BCUT2D eigenvalue weighted by Gasteiger charge is -2.30. The van der Waals surface area contributed by atoms with Crippen LogP contribution in [0, 0.1) is 5.92 Å². The molecule has 18 heteroatoms. The number of nitrogens with one attached hydrogen (secondary N) is 3. The van der Waals surface area contributed by atoms with Crippen LogP contribution in [0.15, 0.2) is 42.6 Å². The second-order valence-corrected chi connectivity index (χ2v) is 11.6. The summed E-state index contributed by atoms with van der Waals surface area (Å²) >= 11 is 0. The molecular formula is C31H31F8N7O3. The number of nitrogens with zero attached hydrogens (tertiary/aromatic N) is 4. The first-order valence-electron chi connectivity index (χ1n) is 15.0. The van der Waals surface area contributed by atoms with Crippen molar-refractivity contribution in [3.8, 4) is 5.88 Å². The van der Waals surface area contributed by atoms with Gasteiger partial charge in [0.05, 0.1) is 17.2 Å². The van der Waals surface area contributed by atoms with E-state index in [2.05, 4.69) is 25.9 Å². The molecule has 3 aromatic heterocycles. The van der Waals surface area contributed by atoms with Crippen LogP contribution in [-0.4, -0.2) is 56.2 Å². The number of aryl methyl sites for hydroxylation is 2. The zero-order valence-electron chi connectivity index (χ0n) is 26.1. The van der Waals surface area contributed by atoms with E-state index in [4.69, 9.17) is 4.74 Å². The van der Waals surface area contributed by atoms with E-state index in [0.29, 0.717) is 11.3 Å². The van der Waals surface area contributed by atoms with E-state index < -0.39 is 66.3 Å². The lowest BCUT2D eigenvalue weighted by atomic mass is 9.85. The highest BCUT2D eigenvalue weighted by molar-refractivity contribution is 5.99. The first-order valence-corrected chi connectivity index (χ1v) is 15.0. The van der Waals surface area contributed by atoms with Crippen molar-refractivity contribution < 1.29 is 49.4 Å². The van der Waals surface area contributed by atoms with Crippen molar-refractivity contribution in [1.29, 1.82) is 0 Å². The number of aromatic nitrogens is 4. The van der Waals surface area contributed by atoms with Crippen LogP contribution in [0.2, 0.25) is 0 Å². The summed E-state index contributed by atoms with van der Waals surface area (Å²) in [7, 11) is 3.05. The quantitative estimate of drug-likeness (QED) is 0.163. The van der Waals surface area contributed by atoms with Gasteiger partial charge in [0, 0.05) is 32.9 Å². The van der Waals surface area contributed by atoms with Crippen molar-refractivity contribution in [1.82, 2.24) is 29.7 Å². The average Bonchev–Trinajstić information content (AvgIpc) is 3.59. The second-order valence-electron chi connectivity index (χ2n) is 11.6. The van der Waals surface area contributed by atoms with Gasteiger partial charge in [-0.2, -0.15) is 31.3 Å². The summed E-state index contributed by atoms with van der Waals surface area (Å²) in [6.07, 6.45) is -10.8. The number of amides is 2. The number of ether oxygens (including phenoxy) is 1. The Balaban J connectivity index is 1.42. The normalized spacial score (nSPS) is 17.0. The molecule has 1 saturated carbocycles. The molecule has 264 valence electrons. The number of rotatable bonds is 10. The standard InChI is InChI=1S/C31H31F8N7O3/c1-45-11-3-4-23(45)27(48)40-14-16-5-10-20(31(37,38)39)21(12-16)42-29-43-22-13-19(28(49-15-24(32)33)44-25(22)46(29)2)26(47)41-18-8-6-17(7-9-18)30(34,35)36/h3-5,10-13,17-18,24H,6-9,14-15H2,1-2H3,(H,40,48)(H,41,47)(H,42,43). The van der Waals surface area contributed by atoms with Gasteiger partial charge in [0.1, 0.15) is 16.8 Å². The third-order valence-corrected chi connectivity index (χ3v) is 8.19. The minimum Gasteiger partial charge on any atom is -0.471 e. The number of alkyl halides is 8. The number of carbonyl (C=O) groups excluding carboxylic acids is 2. The van der Waals surface area contributed by atoms with Crippen LogP contribution in [-0.2, 0) is 26.8 Å². The fourth-order valence-electron chi connectivity index (χ4n) is 5.59.